The molecule has 1 aromatic heterocycles. The molecule has 0 fully saturated rings. The maximum atomic E-state index is 10.2. The number of nitrogens with one attached hydrogen (secondary N) is 1. The van der Waals surface area contributed by atoms with E-state index < -0.39 is 5.88 Å². The van der Waals surface area contributed by atoms with Crippen molar-refractivity contribution in [2.75, 3.05) is 0 Å². The van der Waals surface area contributed by atoms with Gasteiger partial charge >= 0.3 is 22.4 Å². The Morgan fingerprint density at radius 3 is 2.56 bits per heavy atom. The number of hydrogen-bond donors (Lipinski definition) is 1. The minimum atomic E-state index is -0.426. The van der Waals surface area contributed by atoms with E-state index in [1.807, 2.05) is 5.10 Å². The minimum Gasteiger partial charge on any atom is -0.857 e. The van der Waals surface area contributed by atoms with Crippen molar-refractivity contribution in [1.82, 2.24) is 10.2 Å². The Morgan fingerprint density at radius 1 is 1.56 bits per heavy atom. The van der Waals surface area contributed by atoms with E-state index in [1.54, 1.807) is 0 Å². The summed E-state index contributed by atoms with van der Waals surface area (Å²) in [6.45, 7) is 0. The topological polar surface area (TPSA) is 68.8 Å². The van der Waals surface area contributed by atoms with Crippen LogP contribution in [-0.4, -0.2) is 10.2 Å². The Bertz CT molecular complexity index is 214. The normalized spacial score (nSPS) is 8.00. The molecule has 52 valence electrons. The van der Waals surface area contributed by atoms with Crippen LogP contribution in [0.4, 0.5) is 0 Å². The van der Waals surface area contributed by atoms with Gasteiger partial charge in [-0.3, -0.25) is 4.79 Å². The van der Waals surface area contributed by atoms with Crippen molar-refractivity contribution in [3.05, 3.63) is 22.5 Å². The van der Waals surface area contributed by atoms with Crippen LogP contribution in [-0.2, 0) is 22.4 Å². The molecule has 0 amide bonds. The van der Waals surface area contributed by atoms with Gasteiger partial charge in [-0.2, -0.15) is 5.10 Å². The maximum absolute atomic E-state index is 10.2. The summed E-state index contributed by atoms with van der Waals surface area (Å²) in [5.41, 5.74) is -0.357. The first-order valence-corrected chi connectivity index (χ1v) is 2.02. The van der Waals surface area contributed by atoms with Gasteiger partial charge in [-0.15, -0.1) is 0 Å². The van der Waals surface area contributed by atoms with Crippen LogP contribution in [0.25, 0.3) is 0 Å². The van der Waals surface area contributed by atoms with Crippen LogP contribution < -0.4 is 10.7 Å². The predicted molar refractivity (Wildman–Crippen MR) is 24.3 cm³/mol. The van der Waals surface area contributed by atoms with Crippen molar-refractivity contribution in [3.63, 3.8) is 0 Å². The van der Waals surface area contributed by atoms with Crippen LogP contribution in [0.2, 0.25) is 0 Å². The Labute approximate surface area is 66.4 Å². The Morgan fingerprint density at radius 2 is 2.22 bits per heavy atom. The zero-order chi connectivity index (χ0) is 5.98. The second-order valence-corrected chi connectivity index (χ2v) is 1.26. The van der Waals surface area contributed by atoms with Crippen LogP contribution >= 0.6 is 0 Å². The van der Waals surface area contributed by atoms with Gasteiger partial charge < -0.3 is 5.11 Å². The first-order chi connectivity index (χ1) is 3.79. The van der Waals surface area contributed by atoms with Gasteiger partial charge in [-0.05, 0) is 6.07 Å². The molecule has 1 heterocycles. The van der Waals surface area contributed by atoms with Crippen LogP contribution in [0.3, 0.4) is 0 Å². The van der Waals surface area contributed by atoms with Gasteiger partial charge in [0.2, 0.25) is 0 Å². The molecule has 4 nitrogen and oxygen atoms in total. The van der Waals surface area contributed by atoms with E-state index >= 15 is 0 Å². The van der Waals surface area contributed by atoms with Gasteiger partial charge in [-0.1, -0.05) is 0 Å². The number of aromatic nitrogens is 2. The molecule has 0 spiro atoms. The van der Waals surface area contributed by atoms with Crippen molar-refractivity contribution < 1.29 is 27.5 Å². The van der Waals surface area contributed by atoms with Crippen LogP contribution in [0.1, 0.15) is 0 Å². The molecule has 0 aliphatic heterocycles. The molecule has 0 saturated carbocycles. The summed E-state index contributed by atoms with van der Waals surface area (Å²) in [5.74, 6) is -0.426. The van der Waals surface area contributed by atoms with Crippen molar-refractivity contribution in [1.29, 1.82) is 0 Å². The van der Waals surface area contributed by atoms with E-state index in [9.17, 15) is 9.90 Å². The zero-order valence-electron chi connectivity index (χ0n) is 4.22. The Hall–Kier alpha value is -0.580. The SMILES string of the molecule is O=c1ccc([O-])n[nH]1.[Ag+]. The average Bonchev–Trinajstić information content (AvgIpc) is 1.77. The monoisotopic (exact) mass is 218 g/mol. The summed E-state index contributed by atoms with van der Waals surface area (Å²) in [7, 11) is 0. The molecule has 0 aromatic carbocycles. The molecule has 1 N–H and O–H groups in total. The van der Waals surface area contributed by atoms with E-state index in [0.717, 1.165) is 12.1 Å². The fraction of sp³-hybridized carbons (Fsp3) is 0. The second kappa shape index (κ2) is 3.45. The smallest absolute Gasteiger partial charge is 0.857 e. The van der Waals surface area contributed by atoms with E-state index in [1.165, 1.54) is 0 Å². The second-order valence-electron chi connectivity index (χ2n) is 1.26. The van der Waals surface area contributed by atoms with Gasteiger partial charge in [0.1, 0.15) is 0 Å². The number of aromatic amines is 1. The van der Waals surface area contributed by atoms with E-state index in [-0.39, 0.29) is 27.9 Å². The molecule has 1 aromatic rings. The standard InChI is InChI=1S/C4H4N2O2.Ag/c7-3-1-2-4(8)6-5-3;/h1-2H,(H,5,7)(H,6,8);/q;+1/p-1. The quantitative estimate of drug-likeness (QED) is 0.559. The van der Waals surface area contributed by atoms with Gasteiger partial charge in [0.25, 0.3) is 5.56 Å². The first-order valence-electron chi connectivity index (χ1n) is 2.02. The predicted octanol–water partition coefficient (Wildman–Crippen LogP) is -1.16. The van der Waals surface area contributed by atoms with E-state index in [0.29, 0.717) is 0 Å². The number of hydrogen-bond acceptors (Lipinski definition) is 3. The molecule has 0 aliphatic carbocycles. The molecule has 5 heteroatoms. The Kier molecular flexibility index (Phi) is 3.22. The average molecular weight is 219 g/mol. The van der Waals surface area contributed by atoms with Crippen molar-refractivity contribution in [2.45, 2.75) is 0 Å². The Balaban J connectivity index is 0.000000640. The van der Waals surface area contributed by atoms with Crippen LogP contribution in [0, 0.1) is 0 Å². The zero-order valence-corrected chi connectivity index (χ0v) is 5.70. The van der Waals surface area contributed by atoms with Gasteiger partial charge in [0, 0.05) is 11.9 Å². The molecule has 0 atom stereocenters. The molecule has 0 aliphatic rings. The third-order valence-electron chi connectivity index (χ3n) is 0.654. The van der Waals surface area contributed by atoms with Crippen LogP contribution in [0.5, 0.6) is 5.88 Å². The first kappa shape index (κ1) is 8.42. The van der Waals surface area contributed by atoms with E-state index in [4.69, 9.17) is 0 Å². The number of nitrogens with zero attached hydrogens (tertiary/aromatic N) is 1. The van der Waals surface area contributed by atoms with Gasteiger partial charge in [0.05, 0.1) is 0 Å². The maximum Gasteiger partial charge on any atom is 1.00 e. The largest absolute Gasteiger partial charge is 1.00 e. The summed E-state index contributed by atoms with van der Waals surface area (Å²) < 4.78 is 0. The van der Waals surface area contributed by atoms with E-state index in [2.05, 4.69) is 5.10 Å². The summed E-state index contributed by atoms with van der Waals surface area (Å²) in [6.07, 6.45) is 0. The van der Waals surface area contributed by atoms with Crippen molar-refractivity contribution in [3.8, 4) is 5.88 Å². The number of H-pyrrole nitrogens is 1. The third-order valence-corrected chi connectivity index (χ3v) is 0.654. The molecule has 1 rings (SSSR count). The minimum absolute atomic E-state index is 0. The molecule has 9 heavy (non-hydrogen) atoms. The van der Waals surface area contributed by atoms with Crippen LogP contribution in [0.15, 0.2) is 16.9 Å². The summed E-state index contributed by atoms with van der Waals surface area (Å²) in [5, 5.41) is 15.2. The third kappa shape index (κ3) is 2.46. The van der Waals surface area contributed by atoms with Gasteiger partial charge in [0.15, 0.2) is 0 Å². The molecule has 0 bridgehead atoms. The molecule has 0 saturated heterocycles. The van der Waals surface area contributed by atoms with Crippen molar-refractivity contribution >= 4 is 0 Å². The van der Waals surface area contributed by atoms with Crippen molar-refractivity contribution in [2.24, 2.45) is 0 Å². The molecule has 0 unspecified atom stereocenters. The fourth-order valence-electron chi connectivity index (χ4n) is 0.332. The summed E-state index contributed by atoms with van der Waals surface area (Å²) in [6, 6.07) is 2.24. The number of rotatable bonds is 0. The summed E-state index contributed by atoms with van der Waals surface area (Å²) in [4.78, 5) is 10.2. The molecule has 0 radical (unpaired) electrons. The molecular formula is C4H3AgN2O2. The molecular weight excluding hydrogens is 216 g/mol. The summed E-state index contributed by atoms with van der Waals surface area (Å²) >= 11 is 0. The van der Waals surface area contributed by atoms with Gasteiger partial charge in [-0.25, -0.2) is 5.10 Å². The fourth-order valence-corrected chi connectivity index (χ4v) is 0.332.